The number of nitrogens with one attached hydrogen (secondary N) is 1. The van der Waals surface area contributed by atoms with E-state index in [0.717, 1.165) is 11.7 Å². The van der Waals surface area contributed by atoms with Gasteiger partial charge in [-0.2, -0.15) is 0 Å². The summed E-state index contributed by atoms with van der Waals surface area (Å²) < 4.78 is 0. The van der Waals surface area contributed by atoms with Crippen LogP contribution in [0.2, 0.25) is 0 Å². The molecule has 0 unspecified atom stereocenters. The van der Waals surface area contributed by atoms with Gasteiger partial charge < -0.3 is 10.2 Å². The summed E-state index contributed by atoms with van der Waals surface area (Å²) >= 11 is 7.17. The number of rotatable bonds is 2. The Balaban J connectivity index is 2.19. The molecular formula is C12H16N2S2. The van der Waals surface area contributed by atoms with E-state index in [1.54, 1.807) is 11.3 Å². The molecule has 4 heteroatoms. The molecule has 1 aromatic rings. The first-order valence-electron chi connectivity index (χ1n) is 5.29. The van der Waals surface area contributed by atoms with Crippen LogP contribution >= 0.6 is 23.6 Å². The third-order valence-electron chi connectivity index (χ3n) is 2.56. The van der Waals surface area contributed by atoms with Crippen molar-refractivity contribution in [1.82, 2.24) is 10.2 Å². The molecule has 2 rings (SSSR count). The summed E-state index contributed by atoms with van der Waals surface area (Å²) in [5, 5.41) is 6.25. The minimum Gasteiger partial charge on any atom is -0.354 e. The molecular weight excluding hydrogens is 236 g/mol. The van der Waals surface area contributed by atoms with E-state index in [2.05, 4.69) is 54.6 Å². The van der Waals surface area contributed by atoms with Gasteiger partial charge in [-0.3, -0.25) is 0 Å². The van der Waals surface area contributed by atoms with Crippen molar-refractivity contribution in [3.05, 3.63) is 34.2 Å². The van der Waals surface area contributed by atoms with E-state index in [9.17, 15) is 0 Å². The zero-order valence-corrected chi connectivity index (χ0v) is 11.4. The second-order valence-electron chi connectivity index (χ2n) is 4.60. The zero-order chi connectivity index (χ0) is 11.8. The second-order valence-corrected chi connectivity index (χ2v) is 6.02. The van der Waals surface area contributed by atoms with Crippen LogP contribution in [0.5, 0.6) is 0 Å². The fourth-order valence-electron chi connectivity index (χ4n) is 1.89. The number of hydrogen-bond donors (Lipinski definition) is 1. The quantitative estimate of drug-likeness (QED) is 0.814. The normalized spacial score (nSPS) is 19.3. The average Bonchev–Trinajstić information content (AvgIpc) is 2.62. The Hall–Kier alpha value is -0.870. The van der Waals surface area contributed by atoms with Crippen molar-refractivity contribution in [2.45, 2.75) is 32.9 Å². The van der Waals surface area contributed by atoms with E-state index in [1.807, 2.05) is 0 Å². The molecule has 1 N–H and O–H groups in total. The van der Waals surface area contributed by atoms with Crippen LogP contribution in [0.1, 0.15) is 25.6 Å². The molecule has 0 bridgehead atoms. The molecule has 1 aliphatic rings. The van der Waals surface area contributed by atoms with Gasteiger partial charge in [0.05, 0.1) is 12.1 Å². The van der Waals surface area contributed by atoms with Gasteiger partial charge in [0.2, 0.25) is 0 Å². The highest BCUT2D eigenvalue weighted by atomic mass is 32.1. The van der Waals surface area contributed by atoms with Crippen molar-refractivity contribution in [2.75, 3.05) is 0 Å². The van der Waals surface area contributed by atoms with Gasteiger partial charge in [0, 0.05) is 10.6 Å². The smallest absolute Gasteiger partial charge is 0.174 e. The highest BCUT2D eigenvalue weighted by Gasteiger charge is 2.26. The Labute approximate surface area is 106 Å². The predicted octanol–water partition coefficient (Wildman–Crippen LogP) is 3.12. The number of hydrogen-bond acceptors (Lipinski definition) is 2. The first-order chi connectivity index (χ1) is 7.48. The lowest BCUT2D eigenvalue weighted by Gasteiger charge is -2.38. The van der Waals surface area contributed by atoms with Crippen LogP contribution in [-0.4, -0.2) is 15.6 Å². The standard InChI is InChI=1S/C12H16N2S2/c1-9-7-12(2,3)13-11(15)14(9)8-10-5-4-6-16-10/h4-7H,8H2,1-3H3,(H,13,15). The van der Waals surface area contributed by atoms with Gasteiger partial charge in [0.1, 0.15) is 0 Å². The largest absolute Gasteiger partial charge is 0.354 e. The van der Waals surface area contributed by atoms with Gasteiger partial charge in [0.25, 0.3) is 0 Å². The summed E-state index contributed by atoms with van der Waals surface area (Å²) in [6.07, 6.45) is 2.22. The average molecular weight is 252 g/mol. The monoisotopic (exact) mass is 252 g/mol. The van der Waals surface area contributed by atoms with Crippen LogP contribution in [0, 0.1) is 0 Å². The molecule has 0 saturated heterocycles. The van der Waals surface area contributed by atoms with Gasteiger partial charge in [-0.15, -0.1) is 11.3 Å². The Bertz CT molecular complexity index is 418. The molecule has 2 heterocycles. The first-order valence-corrected chi connectivity index (χ1v) is 6.58. The minimum atomic E-state index is -0.0346. The predicted molar refractivity (Wildman–Crippen MR) is 73.4 cm³/mol. The van der Waals surface area contributed by atoms with Gasteiger partial charge in [0.15, 0.2) is 5.11 Å². The minimum absolute atomic E-state index is 0.0346. The van der Waals surface area contributed by atoms with Gasteiger partial charge >= 0.3 is 0 Å². The van der Waals surface area contributed by atoms with E-state index in [1.165, 1.54) is 10.6 Å². The van der Waals surface area contributed by atoms with E-state index >= 15 is 0 Å². The van der Waals surface area contributed by atoms with Gasteiger partial charge in [-0.25, -0.2) is 0 Å². The summed E-state index contributed by atoms with van der Waals surface area (Å²) in [5.41, 5.74) is 1.19. The van der Waals surface area contributed by atoms with Crippen molar-refractivity contribution in [3.8, 4) is 0 Å². The van der Waals surface area contributed by atoms with Crippen LogP contribution in [0.3, 0.4) is 0 Å². The lowest BCUT2D eigenvalue weighted by atomic mass is 10.0. The molecule has 16 heavy (non-hydrogen) atoms. The molecule has 0 fully saturated rings. The summed E-state index contributed by atoms with van der Waals surface area (Å²) in [6.45, 7) is 7.24. The molecule has 0 radical (unpaired) electrons. The van der Waals surface area contributed by atoms with Gasteiger partial charge in [-0.05, 0) is 50.5 Å². The van der Waals surface area contributed by atoms with E-state index in [-0.39, 0.29) is 5.54 Å². The summed E-state index contributed by atoms with van der Waals surface area (Å²) in [5.74, 6) is 0. The molecule has 0 saturated carbocycles. The molecule has 0 atom stereocenters. The van der Waals surface area contributed by atoms with Gasteiger partial charge in [-0.1, -0.05) is 6.07 Å². The van der Waals surface area contributed by atoms with Crippen molar-refractivity contribution in [1.29, 1.82) is 0 Å². The summed E-state index contributed by atoms with van der Waals surface area (Å²) in [4.78, 5) is 3.48. The van der Waals surface area contributed by atoms with Crippen molar-refractivity contribution < 1.29 is 0 Å². The fraction of sp³-hybridized carbons (Fsp3) is 0.417. The van der Waals surface area contributed by atoms with Crippen LogP contribution in [0.15, 0.2) is 29.3 Å². The Morgan fingerprint density at radius 3 is 2.81 bits per heavy atom. The number of nitrogens with zero attached hydrogens (tertiary/aromatic N) is 1. The topological polar surface area (TPSA) is 15.3 Å². The van der Waals surface area contributed by atoms with Crippen molar-refractivity contribution in [3.63, 3.8) is 0 Å². The Kier molecular flexibility index (Phi) is 3.04. The molecule has 0 aromatic carbocycles. The molecule has 1 aromatic heterocycles. The maximum absolute atomic E-state index is 5.40. The first kappa shape index (κ1) is 11.6. The lowest BCUT2D eigenvalue weighted by molar-refractivity contribution is 0.425. The van der Waals surface area contributed by atoms with Crippen LogP contribution < -0.4 is 5.32 Å². The maximum atomic E-state index is 5.40. The Morgan fingerprint density at radius 1 is 1.50 bits per heavy atom. The van der Waals surface area contributed by atoms with E-state index in [0.29, 0.717) is 0 Å². The Morgan fingerprint density at radius 2 is 2.25 bits per heavy atom. The van der Waals surface area contributed by atoms with Crippen molar-refractivity contribution in [2.24, 2.45) is 0 Å². The summed E-state index contributed by atoms with van der Waals surface area (Å²) in [7, 11) is 0. The number of allylic oxidation sites excluding steroid dienone is 1. The molecule has 0 aliphatic carbocycles. The molecule has 0 spiro atoms. The molecule has 0 amide bonds. The molecule has 2 nitrogen and oxygen atoms in total. The third kappa shape index (κ3) is 2.44. The number of thiophene rings is 1. The molecule has 1 aliphatic heterocycles. The second kappa shape index (κ2) is 4.18. The zero-order valence-electron chi connectivity index (χ0n) is 9.78. The summed E-state index contributed by atoms with van der Waals surface area (Å²) in [6, 6.07) is 4.21. The highest BCUT2D eigenvalue weighted by molar-refractivity contribution is 7.80. The third-order valence-corrected chi connectivity index (χ3v) is 3.75. The van der Waals surface area contributed by atoms with Crippen LogP contribution in [-0.2, 0) is 6.54 Å². The lowest BCUT2D eigenvalue weighted by Crippen LogP contribution is -2.52. The maximum Gasteiger partial charge on any atom is 0.174 e. The number of thiocarbonyl (C=S) groups is 1. The fourth-order valence-corrected chi connectivity index (χ4v) is 3.06. The molecule has 86 valence electrons. The highest BCUT2D eigenvalue weighted by Crippen LogP contribution is 2.22. The van der Waals surface area contributed by atoms with Crippen LogP contribution in [0.4, 0.5) is 0 Å². The van der Waals surface area contributed by atoms with E-state index in [4.69, 9.17) is 12.2 Å². The van der Waals surface area contributed by atoms with Crippen molar-refractivity contribution >= 4 is 28.7 Å². The SMILES string of the molecule is CC1=CC(C)(C)NC(=S)N1Cc1cccs1. The van der Waals surface area contributed by atoms with Crippen LogP contribution in [0.25, 0.3) is 0 Å². The van der Waals surface area contributed by atoms with E-state index < -0.39 is 0 Å².